The lowest BCUT2D eigenvalue weighted by Crippen LogP contribution is -2.17. The van der Waals surface area contributed by atoms with E-state index in [1.54, 1.807) is 11.8 Å². The number of aryl methyl sites for hydroxylation is 2. The molecule has 4 aromatic rings. The summed E-state index contributed by atoms with van der Waals surface area (Å²) in [6.45, 7) is 16.9. The van der Waals surface area contributed by atoms with Gasteiger partial charge in [0, 0.05) is 38.2 Å². The molecule has 0 radical (unpaired) electrons. The van der Waals surface area contributed by atoms with E-state index in [1.165, 1.54) is 29.8 Å². The molecular weight excluding hydrogens is 603 g/mol. The fraction of sp³-hybridized carbons (Fsp3) is 0.222. The Morgan fingerprint density at radius 2 is 1.07 bits per heavy atom. The normalized spacial score (nSPS) is 12.4. The van der Waals surface area contributed by atoms with E-state index >= 15 is 0 Å². The number of thiophene rings is 2. The number of nitrogens with zero attached hydrogens (tertiary/aromatic N) is 3. The second kappa shape index (κ2) is 15.6. The molecule has 0 fully saturated rings. The maximum atomic E-state index is 4.14. The Labute approximate surface area is 274 Å². The highest BCUT2D eigenvalue weighted by Gasteiger charge is 2.20. The van der Waals surface area contributed by atoms with E-state index in [4.69, 9.17) is 0 Å². The number of hydrogen-bond donors (Lipinski definition) is 0. The standard InChI is InChI=1S/C36H41N3S4/c1-9-28(10-2)37(29-16-20-31(21-17-29)38(33(11-3)40-8)35-24-14-26(6)42-35)30-18-22-32(23-19-30)39(34(12-4)41-13-5)36-25-15-27(7)43-36/h9-12,14-25H,1,13H2,2-8H3/b28-10+,33-11-,34-12-. The lowest BCUT2D eigenvalue weighted by Gasteiger charge is -2.29. The highest BCUT2D eigenvalue weighted by Crippen LogP contribution is 2.42. The van der Waals surface area contributed by atoms with E-state index in [9.17, 15) is 0 Å². The lowest BCUT2D eigenvalue weighted by molar-refractivity contribution is 1.19. The first kappa shape index (κ1) is 32.8. The van der Waals surface area contributed by atoms with Crippen LogP contribution in [0.5, 0.6) is 0 Å². The predicted molar refractivity (Wildman–Crippen MR) is 201 cm³/mol. The van der Waals surface area contributed by atoms with Crippen LogP contribution in [0.3, 0.4) is 0 Å². The monoisotopic (exact) mass is 643 g/mol. The third-order valence-electron chi connectivity index (χ3n) is 6.82. The van der Waals surface area contributed by atoms with Crippen LogP contribution in [-0.2, 0) is 0 Å². The Kier molecular flexibility index (Phi) is 11.9. The van der Waals surface area contributed by atoms with Crippen molar-refractivity contribution in [3.63, 3.8) is 0 Å². The molecule has 3 nitrogen and oxygen atoms in total. The summed E-state index contributed by atoms with van der Waals surface area (Å²) in [6, 6.07) is 26.5. The summed E-state index contributed by atoms with van der Waals surface area (Å²) in [4.78, 5) is 9.57. The van der Waals surface area contributed by atoms with E-state index < -0.39 is 0 Å². The fourth-order valence-electron chi connectivity index (χ4n) is 4.86. The minimum Gasteiger partial charge on any atom is -0.311 e. The maximum absolute atomic E-state index is 4.14. The van der Waals surface area contributed by atoms with Gasteiger partial charge in [-0.3, -0.25) is 9.80 Å². The van der Waals surface area contributed by atoms with Crippen LogP contribution < -0.4 is 14.7 Å². The van der Waals surface area contributed by atoms with Crippen molar-refractivity contribution in [3.05, 3.63) is 129 Å². The van der Waals surface area contributed by atoms with Crippen LogP contribution in [0, 0.1) is 13.8 Å². The molecule has 0 aliphatic heterocycles. The fourth-order valence-corrected chi connectivity index (χ4v) is 8.19. The molecule has 0 saturated heterocycles. The van der Waals surface area contributed by atoms with Crippen LogP contribution in [0.4, 0.5) is 32.8 Å². The third kappa shape index (κ3) is 7.52. The average Bonchev–Trinajstić information content (AvgIpc) is 3.66. The highest BCUT2D eigenvalue weighted by molar-refractivity contribution is 8.03. The van der Waals surface area contributed by atoms with Gasteiger partial charge in [-0.2, -0.15) is 0 Å². The van der Waals surface area contributed by atoms with Gasteiger partial charge in [0.05, 0.1) is 10.1 Å². The van der Waals surface area contributed by atoms with Gasteiger partial charge >= 0.3 is 0 Å². The van der Waals surface area contributed by atoms with Gasteiger partial charge in [-0.15, -0.1) is 46.2 Å². The molecule has 4 rings (SSSR count). The minimum absolute atomic E-state index is 1.02. The average molecular weight is 644 g/mol. The highest BCUT2D eigenvalue weighted by atomic mass is 32.2. The summed E-state index contributed by atoms with van der Waals surface area (Å²) in [5.41, 5.74) is 5.48. The third-order valence-corrected chi connectivity index (χ3v) is 10.6. The molecule has 0 unspecified atom stereocenters. The molecule has 2 aromatic heterocycles. The molecule has 0 saturated carbocycles. The number of allylic oxidation sites excluding steroid dienone is 4. The first-order chi connectivity index (χ1) is 20.9. The number of anilines is 6. The van der Waals surface area contributed by atoms with Crippen molar-refractivity contribution >= 4 is 78.9 Å². The first-order valence-corrected chi connectivity index (χ1v) is 18.2. The van der Waals surface area contributed by atoms with Gasteiger partial charge < -0.3 is 4.90 Å². The molecule has 0 atom stereocenters. The molecule has 224 valence electrons. The van der Waals surface area contributed by atoms with Gasteiger partial charge in [0.15, 0.2) is 0 Å². The molecule has 2 heterocycles. The molecule has 0 N–H and O–H groups in total. The summed E-state index contributed by atoms with van der Waals surface area (Å²) < 4.78 is 0. The van der Waals surface area contributed by atoms with Gasteiger partial charge in [0.2, 0.25) is 0 Å². The second-order valence-corrected chi connectivity index (χ2v) is 14.3. The van der Waals surface area contributed by atoms with Crippen molar-refractivity contribution in [3.8, 4) is 0 Å². The number of hydrogen-bond acceptors (Lipinski definition) is 7. The van der Waals surface area contributed by atoms with Crippen molar-refractivity contribution in [1.82, 2.24) is 0 Å². The van der Waals surface area contributed by atoms with E-state index in [0.29, 0.717) is 0 Å². The Bertz CT molecular complexity index is 1590. The van der Waals surface area contributed by atoms with Crippen molar-refractivity contribution in [2.45, 2.75) is 41.5 Å². The predicted octanol–water partition coefficient (Wildman–Crippen LogP) is 12.8. The minimum atomic E-state index is 1.02. The van der Waals surface area contributed by atoms with E-state index in [1.807, 2.05) is 40.5 Å². The molecule has 0 amide bonds. The number of rotatable bonds is 13. The first-order valence-electron chi connectivity index (χ1n) is 14.4. The maximum Gasteiger partial charge on any atom is 0.101 e. The van der Waals surface area contributed by atoms with E-state index in [-0.39, 0.29) is 0 Å². The molecule has 7 heteroatoms. The molecular formula is C36H41N3S4. The van der Waals surface area contributed by atoms with Crippen LogP contribution >= 0.6 is 46.2 Å². The van der Waals surface area contributed by atoms with Gasteiger partial charge in [-0.25, -0.2) is 0 Å². The summed E-state index contributed by atoms with van der Waals surface area (Å²) >= 11 is 7.25. The largest absolute Gasteiger partial charge is 0.311 e. The van der Waals surface area contributed by atoms with Crippen molar-refractivity contribution in [2.75, 3.05) is 26.7 Å². The van der Waals surface area contributed by atoms with Crippen molar-refractivity contribution < 1.29 is 0 Å². The van der Waals surface area contributed by atoms with Gasteiger partial charge in [-0.1, -0.05) is 31.7 Å². The lowest BCUT2D eigenvalue weighted by atomic mass is 10.1. The molecule has 43 heavy (non-hydrogen) atoms. The van der Waals surface area contributed by atoms with Gasteiger partial charge in [0.25, 0.3) is 0 Å². The van der Waals surface area contributed by atoms with Gasteiger partial charge in [0.1, 0.15) is 10.0 Å². The Balaban J connectivity index is 1.73. The Morgan fingerprint density at radius 1 is 0.651 bits per heavy atom. The van der Waals surface area contributed by atoms with Crippen molar-refractivity contribution in [2.24, 2.45) is 0 Å². The second-order valence-electron chi connectivity index (χ2n) is 9.62. The Morgan fingerprint density at radius 3 is 1.37 bits per heavy atom. The van der Waals surface area contributed by atoms with E-state index in [0.717, 1.165) is 34.2 Å². The zero-order chi connectivity index (χ0) is 30.9. The zero-order valence-electron chi connectivity index (χ0n) is 26.1. The molecule has 0 aliphatic rings. The van der Waals surface area contributed by atoms with Crippen LogP contribution in [0.25, 0.3) is 0 Å². The summed E-state index contributed by atoms with van der Waals surface area (Å²) in [6.07, 6.45) is 10.5. The topological polar surface area (TPSA) is 9.72 Å². The summed E-state index contributed by atoms with van der Waals surface area (Å²) in [5, 5.41) is 4.88. The molecule has 2 aromatic carbocycles. The zero-order valence-corrected chi connectivity index (χ0v) is 29.4. The van der Waals surface area contributed by atoms with Gasteiger partial charge in [-0.05, 0) is 125 Å². The van der Waals surface area contributed by atoms with Crippen molar-refractivity contribution in [1.29, 1.82) is 0 Å². The molecule has 0 spiro atoms. The SMILES string of the molecule is C=C/C(=C\C)N(c1ccc(N(/C(=C/C)SC)c2ccc(C)s2)cc1)c1ccc(N(/C(=C/C)SCC)c2ccc(C)s2)cc1. The van der Waals surface area contributed by atoms with E-state index in [2.05, 4.69) is 160 Å². The quantitative estimate of drug-likeness (QED) is 0.134. The van der Waals surface area contributed by atoms with Crippen LogP contribution in [-0.4, -0.2) is 12.0 Å². The summed E-state index contributed by atoms with van der Waals surface area (Å²) in [7, 11) is 0. The molecule has 0 bridgehead atoms. The number of thioether (sulfide) groups is 2. The molecule has 0 aliphatic carbocycles. The Hall–Kier alpha value is -3.10. The number of benzene rings is 2. The summed E-state index contributed by atoms with van der Waals surface area (Å²) in [5.74, 6) is 1.02. The van der Waals surface area contributed by atoms with Crippen LogP contribution in [0.15, 0.2) is 119 Å². The smallest absolute Gasteiger partial charge is 0.101 e. The van der Waals surface area contributed by atoms with Crippen LogP contribution in [0.2, 0.25) is 0 Å². The van der Waals surface area contributed by atoms with Crippen LogP contribution in [0.1, 0.15) is 37.4 Å².